The lowest BCUT2D eigenvalue weighted by Crippen LogP contribution is -2.37. The van der Waals surface area contributed by atoms with Crippen molar-refractivity contribution in [3.05, 3.63) is 65.2 Å². The van der Waals surface area contributed by atoms with E-state index < -0.39 is 0 Å². The molecule has 1 aliphatic rings. The Morgan fingerprint density at radius 2 is 1.84 bits per heavy atom. The van der Waals surface area contributed by atoms with E-state index in [-0.39, 0.29) is 24.3 Å². The molecule has 128 valence electrons. The minimum Gasteiger partial charge on any atom is -0.354 e. The van der Waals surface area contributed by atoms with Crippen LogP contribution in [0.15, 0.2) is 48.5 Å². The predicted octanol–water partition coefficient (Wildman–Crippen LogP) is 1.27. The van der Waals surface area contributed by atoms with Gasteiger partial charge < -0.3 is 16.0 Å². The molecule has 2 aromatic rings. The van der Waals surface area contributed by atoms with Gasteiger partial charge in [0, 0.05) is 17.8 Å². The van der Waals surface area contributed by atoms with Crippen molar-refractivity contribution in [1.82, 2.24) is 10.6 Å². The van der Waals surface area contributed by atoms with Crippen LogP contribution in [0.3, 0.4) is 0 Å². The van der Waals surface area contributed by atoms with E-state index in [0.717, 1.165) is 16.8 Å². The van der Waals surface area contributed by atoms with Crippen molar-refractivity contribution in [2.24, 2.45) is 0 Å². The smallest absolute Gasteiger partial charge is 0.251 e. The molecule has 1 aliphatic heterocycles. The third-order valence-corrected chi connectivity index (χ3v) is 3.98. The SMILES string of the molecule is O=C(CNC(=O)c1ccccc1)NCCc1ccc2c(c1)CC(=O)N2. The summed E-state index contributed by atoms with van der Waals surface area (Å²) in [5.74, 6) is -0.497. The molecule has 3 amide bonds. The van der Waals surface area contributed by atoms with Crippen LogP contribution in [0, 0.1) is 0 Å². The second-order valence-corrected chi connectivity index (χ2v) is 5.87. The van der Waals surface area contributed by atoms with Gasteiger partial charge in [-0.2, -0.15) is 0 Å². The summed E-state index contributed by atoms with van der Waals surface area (Å²) in [6, 6.07) is 14.6. The summed E-state index contributed by atoms with van der Waals surface area (Å²) >= 11 is 0. The zero-order valence-electron chi connectivity index (χ0n) is 13.7. The Morgan fingerprint density at radius 3 is 2.64 bits per heavy atom. The van der Waals surface area contributed by atoms with Gasteiger partial charge in [-0.05, 0) is 35.7 Å². The number of hydrogen-bond donors (Lipinski definition) is 3. The first kappa shape index (κ1) is 16.7. The van der Waals surface area contributed by atoms with E-state index in [0.29, 0.717) is 24.9 Å². The van der Waals surface area contributed by atoms with Gasteiger partial charge in [0.2, 0.25) is 11.8 Å². The van der Waals surface area contributed by atoms with Gasteiger partial charge in [0.25, 0.3) is 5.91 Å². The largest absolute Gasteiger partial charge is 0.354 e. The highest BCUT2D eigenvalue weighted by Crippen LogP contribution is 2.23. The molecule has 3 rings (SSSR count). The van der Waals surface area contributed by atoms with Gasteiger partial charge in [-0.15, -0.1) is 0 Å². The molecular weight excluding hydrogens is 318 g/mol. The fraction of sp³-hybridized carbons (Fsp3) is 0.211. The molecule has 1 heterocycles. The van der Waals surface area contributed by atoms with Crippen LogP contribution in [0.1, 0.15) is 21.5 Å². The number of carbonyl (C=O) groups excluding carboxylic acids is 3. The van der Waals surface area contributed by atoms with Crippen LogP contribution in [0.2, 0.25) is 0 Å². The maximum Gasteiger partial charge on any atom is 0.251 e. The molecule has 0 unspecified atom stereocenters. The van der Waals surface area contributed by atoms with Crippen LogP contribution < -0.4 is 16.0 Å². The number of rotatable bonds is 6. The second kappa shape index (κ2) is 7.61. The number of benzene rings is 2. The van der Waals surface area contributed by atoms with Gasteiger partial charge in [0.05, 0.1) is 13.0 Å². The molecule has 6 nitrogen and oxygen atoms in total. The fourth-order valence-electron chi connectivity index (χ4n) is 2.70. The molecule has 3 N–H and O–H groups in total. The monoisotopic (exact) mass is 337 g/mol. The molecule has 0 bridgehead atoms. The maximum absolute atomic E-state index is 11.9. The van der Waals surface area contributed by atoms with Crippen molar-refractivity contribution < 1.29 is 14.4 Å². The minimum atomic E-state index is -0.272. The first-order valence-corrected chi connectivity index (χ1v) is 8.13. The lowest BCUT2D eigenvalue weighted by molar-refractivity contribution is -0.120. The predicted molar refractivity (Wildman–Crippen MR) is 94.3 cm³/mol. The third kappa shape index (κ3) is 4.44. The molecule has 6 heteroatoms. The zero-order valence-corrected chi connectivity index (χ0v) is 13.7. The first-order chi connectivity index (χ1) is 12.1. The van der Waals surface area contributed by atoms with Crippen molar-refractivity contribution in [3.8, 4) is 0 Å². The lowest BCUT2D eigenvalue weighted by Gasteiger charge is -2.08. The van der Waals surface area contributed by atoms with Gasteiger partial charge in [0.1, 0.15) is 0 Å². The van der Waals surface area contributed by atoms with Crippen LogP contribution in [-0.2, 0) is 22.4 Å². The summed E-state index contributed by atoms with van der Waals surface area (Å²) in [6.45, 7) is 0.413. The fourth-order valence-corrected chi connectivity index (χ4v) is 2.70. The molecule has 0 aliphatic carbocycles. The quantitative estimate of drug-likeness (QED) is 0.742. The van der Waals surface area contributed by atoms with Crippen LogP contribution in [0.4, 0.5) is 5.69 Å². The van der Waals surface area contributed by atoms with Gasteiger partial charge in [-0.3, -0.25) is 14.4 Å². The highest BCUT2D eigenvalue weighted by molar-refractivity contribution is 5.99. The summed E-state index contributed by atoms with van der Waals surface area (Å²) in [5.41, 5.74) is 3.44. The second-order valence-electron chi connectivity index (χ2n) is 5.87. The number of anilines is 1. The van der Waals surface area contributed by atoms with E-state index in [2.05, 4.69) is 16.0 Å². The number of fused-ring (bicyclic) bond motifs is 1. The van der Waals surface area contributed by atoms with E-state index in [1.54, 1.807) is 24.3 Å². The van der Waals surface area contributed by atoms with E-state index in [1.807, 2.05) is 24.3 Å². The molecule has 0 saturated carbocycles. The topological polar surface area (TPSA) is 87.3 Å². The summed E-state index contributed by atoms with van der Waals surface area (Å²) in [4.78, 5) is 35.0. The minimum absolute atomic E-state index is 0.00890. The Hall–Kier alpha value is -3.15. The molecule has 25 heavy (non-hydrogen) atoms. The molecule has 0 radical (unpaired) electrons. The number of hydrogen-bond acceptors (Lipinski definition) is 3. The summed E-state index contributed by atoms with van der Waals surface area (Å²) in [6.07, 6.45) is 1.07. The van der Waals surface area contributed by atoms with E-state index in [9.17, 15) is 14.4 Å². The van der Waals surface area contributed by atoms with Crippen LogP contribution in [0.5, 0.6) is 0 Å². The number of nitrogens with one attached hydrogen (secondary N) is 3. The molecule has 0 saturated heterocycles. The molecule has 0 fully saturated rings. The zero-order chi connectivity index (χ0) is 17.6. The van der Waals surface area contributed by atoms with Gasteiger partial charge in [-0.25, -0.2) is 0 Å². The lowest BCUT2D eigenvalue weighted by atomic mass is 10.1. The van der Waals surface area contributed by atoms with E-state index >= 15 is 0 Å². The first-order valence-electron chi connectivity index (χ1n) is 8.13. The standard InChI is InChI=1S/C19H19N3O3/c23-17-11-15-10-13(6-7-16(15)22-17)8-9-20-18(24)12-21-19(25)14-4-2-1-3-5-14/h1-7,10H,8-9,11-12H2,(H,20,24)(H,21,25)(H,22,23). The van der Waals surface area contributed by atoms with Crippen molar-refractivity contribution in [2.45, 2.75) is 12.8 Å². The number of amides is 3. The van der Waals surface area contributed by atoms with Crippen LogP contribution >= 0.6 is 0 Å². The Kier molecular flexibility index (Phi) is 5.09. The Labute approximate surface area is 145 Å². The highest BCUT2D eigenvalue weighted by atomic mass is 16.2. The molecular formula is C19H19N3O3. The van der Waals surface area contributed by atoms with Crippen molar-refractivity contribution in [2.75, 3.05) is 18.4 Å². The average Bonchev–Trinajstić information content (AvgIpc) is 2.99. The van der Waals surface area contributed by atoms with Gasteiger partial charge in [-0.1, -0.05) is 30.3 Å². The van der Waals surface area contributed by atoms with Crippen molar-refractivity contribution in [1.29, 1.82) is 0 Å². The summed E-state index contributed by atoms with van der Waals surface area (Å²) in [7, 11) is 0. The van der Waals surface area contributed by atoms with E-state index in [1.165, 1.54) is 0 Å². The van der Waals surface area contributed by atoms with Crippen LogP contribution in [0.25, 0.3) is 0 Å². The summed E-state index contributed by atoms with van der Waals surface area (Å²) in [5, 5.41) is 8.16. The molecule has 0 aromatic heterocycles. The molecule has 2 aromatic carbocycles. The van der Waals surface area contributed by atoms with E-state index in [4.69, 9.17) is 0 Å². The van der Waals surface area contributed by atoms with Crippen LogP contribution in [-0.4, -0.2) is 30.8 Å². The molecule has 0 atom stereocenters. The summed E-state index contributed by atoms with van der Waals surface area (Å²) < 4.78 is 0. The third-order valence-electron chi connectivity index (χ3n) is 3.98. The maximum atomic E-state index is 11.9. The van der Waals surface area contributed by atoms with Gasteiger partial charge in [0.15, 0.2) is 0 Å². The van der Waals surface area contributed by atoms with Crippen molar-refractivity contribution >= 4 is 23.4 Å². The molecule has 0 spiro atoms. The highest BCUT2D eigenvalue weighted by Gasteiger charge is 2.17. The van der Waals surface area contributed by atoms with Gasteiger partial charge >= 0.3 is 0 Å². The Balaban J connectivity index is 1.40. The average molecular weight is 337 g/mol. The Bertz CT molecular complexity index is 803. The Morgan fingerprint density at radius 1 is 1.04 bits per heavy atom. The van der Waals surface area contributed by atoms with Crippen molar-refractivity contribution in [3.63, 3.8) is 0 Å². The number of carbonyl (C=O) groups is 3. The normalized spacial score (nSPS) is 12.2.